The van der Waals surface area contributed by atoms with Crippen LogP contribution in [0.2, 0.25) is 0 Å². The van der Waals surface area contributed by atoms with Gasteiger partial charge in [0.1, 0.15) is 5.75 Å². The van der Waals surface area contributed by atoms with Gasteiger partial charge in [-0.3, -0.25) is 0 Å². The summed E-state index contributed by atoms with van der Waals surface area (Å²) in [6.45, 7) is 0. The maximum atomic E-state index is 13.4. The van der Waals surface area contributed by atoms with Crippen molar-refractivity contribution in [2.75, 3.05) is 0 Å². The molecule has 0 saturated heterocycles. The molecule has 0 spiro atoms. The average Bonchev–Trinajstić information content (AvgIpc) is 2.82. The molecule has 4 nitrogen and oxygen atoms in total. The van der Waals surface area contributed by atoms with E-state index in [0.717, 1.165) is 0 Å². The van der Waals surface area contributed by atoms with E-state index < -0.39 is 11.6 Å². The van der Waals surface area contributed by atoms with E-state index in [1.54, 1.807) is 18.2 Å². The molecule has 2 N–H and O–H groups in total. The van der Waals surface area contributed by atoms with E-state index in [0.29, 0.717) is 21.1 Å². The second-order valence-corrected chi connectivity index (χ2v) is 4.88. The summed E-state index contributed by atoms with van der Waals surface area (Å²) < 4.78 is 15.4. The molecule has 0 saturated carbocycles. The number of aromatic hydroxyl groups is 2. The van der Waals surface area contributed by atoms with Crippen LogP contribution in [-0.4, -0.2) is 20.0 Å². The maximum absolute atomic E-state index is 13.4. The third kappa shape index (κ3) is 1.84. The Morgan fingerprint density at radius 3 is 2.68 bits per heavy atom. The van der Waals surface area contributed by atoms with Crippen molar-refractivity contribution in [1.29, 1.82) is 0 Å². The monoisotopic (exact) mass is 322 g/mol. The van der Waals surface area contributed by atoms with E-state index in [-0.39, 0.29) is 5.75 Å². The molecule has 0 atom stereocenters. The molecule has 0 radical (unpaired) electrons. The first kappa shape index (κ1) is 12.0. The molecule has 0 aliphatic carbocycles. The quantitative estimate of drug-likeness (QED) is 0.722. The van der Waals surface area contributed by atoms with Crippen LogP contribution in [0, 0.1) is 5.82 Å². The van der Waals surface area contributed by atoms with Gasteiger partial charge in [-0.05, 0) is 40.2 Å². The lowest BCUT2D eigenvalue weighted by Gasteiger charge is -2.05. The number of hydrogen-bond acceptors (Lipinski definition) is 3. The molecule has 1 heterocycles. The number of rotatable bonds is 1. The van der Waals surface area contributed by atoms with Crippen molar-refractivity contribution >= 4 is 26.8 Å². The van der Waals surface area contributed by atoms with Crippen molar-refractivity contribution in [3.8, 4) is 17.2 Å². The second kappa shape index (κ2) is 4.24. The smallest absolute Gasteiger partial charge is 0.166 e. The van der Waals surface area contributed by atoms with Gasteiger partial charge in [0.15, 0.2) is 11.6 Å². The summed E-state index contributed by atoms with van der Waals surface area (Å²) in [7, 11) is 0. The minimum atomic E-state index is -0.720. The first-order valence-electron chi connectivity index (χ1n) is 5.42. The fourth-order valence-electron chi connectivity index (χ4n) is 1.89. The summed E-state index contributed by atoms with van der Waals surface area (Å²) in [6.07, 6.45) is 1.50. The van der Waals surface area contributed by atoms with Gasteiger partial charge in [0, 0.05) is 6.07 Å². The van der Waals surface area contributed by atoms with Crippen LogP contribution >= 0.6 is 15.9 Å². The normalized spacial score (nSPS) is 11.1. The Morgan fingerprint density at radius 1 is 1.16 bits per heavy atom. The molecule has 0 aliphatic heterocycles. The van der Waals surface area contributed by atoms with Gasteiger partial charge < -0.3 is 10.2 Å². The van der Waals surface area contributed by atoms with Crippen molar-refractivity contribution in [2.24, 2.45) is 0 Å². The van der Waals surface area contributed by atoms with Gasteiger partial charge in [0.2, 0.25) is 0 Å². The maximum Gasteiger partial charge on any atom is 0.166 e. The third-order valence-corrected chi connectivity index (χ3v) is 3.49. The van der Waals surface area contributed by atoms with Crippen LogP contribution < -0.4 is 0 Å². The van der Waals surface area contributed by atoms with Crippen LogP contribution in [0.1, 0.15) is 0 Å². The van der Waals surface area contributed by atoms with Crippen LogP contribution in [0.4, 0.5) is 4.39 Å². The van der Waals surface area contributed by atoms with Crippen LogP contribution in [0.3, 0.4) is 0 Å². The van der Waals surface area contributed by atoms with Gasteiger partial charge in [0.05, 0.1) is 27.3 Å². The number of fused-ring (bicyclic) bond motifs is 1. The fraction of sp³-hybridized carbons (Fsp3) is 0. The molecule has 19 heavy (non-hydrogen) atoms. The van der Waals surface area contributed by atoms with Gasteiger partial charge in [-0.15, -0.1) is 0 Å². The van der Waals surface area contributed by atoms with Crippen molar-refractivity contribution in [3.63, 3.8) is 0 Å². The Hall–Kier alpha value is -2.08. The topological polar surface area (TPSA) is 58.3 Å². The van der Waals surface area contributed by atoms with E-state index >= 15 is 0 Å². The molecule has 2 aromatic carbocycles. The van der Waals surface area contributed by atoms with Gasteiger partial charge in [0.25, 0.3) is 0 Å². The number of hydrogen-bond donors (Lipinski definition) is 2. The molecule has 0 fully saturated rings. The molecule has 0 bridgehead atoms. The molecule has 0 aliphatic rings. The summed E-state index contributed by atoms with van der Waals surface area (Å²) in [5.41, 5.74) is 1.11. The number of nitrogens with zero attached hydrogens (tertiary/aromatic N) is 2. The van der Waals surface area contributed by atoms with Gasteiger partial charge in [-0.1, -0.05) is 0 Å². The number of phenols is 2. The highest BCUT2D eigenvalue weighted by Gasteiger charge is 2.12. The highest BCUT2D eigenvalue weighted by molar-refractivity contribution is 9.10. The predicted molar refractivity (Wildman–Crippen MR) is 72.1 cm³/mol. The van der Waals surface area contributed by atoms with E-state index in [4.69, 9.17) is 0 Å². The summed E-state index contributed by atoms with van der Waals surface area (Å²) >= 11 is 3.22. The minimum Gasteiger partial charge on any atom is -0.506 e. The lowest BCUT2D eigenvalue weighted by atomic mass is 10.2. The van der Waals surface area contributed by atoms with Gasteiger partial charge >= 0.3 is 0 Å². The Bertz CT molecular complexity index is 786. The highest BCUT2D eigenvalue weighted by Crippen LogP contribution is 2.33. The zero-order chi connectivity index (χ0) is 13.6. The molecule has 6 heteroatoms. The zero-order valence-corrected chi connectivity index (χ0v) is 11.1. The van der Waals surface area contributed by atoms with E-state index in [2.05, 4.69) is 21.0 Å². The number of phenolic OH excluding ortho intramolecular Hbond substituents is 2. The van der Waals surface area contributed by atoms with Crippen molar-refractivity contribution in [3.05, 3.63) is 46.8 Å². The van der Waals surface area contributed by atoms with Gasteiger partial charge in [-0.2, -0.15) is 5.10 Å². The lowest BCUT2D eigenvalue weighted by Crippen LogP contribution is -1.96. The van der Waals surface area contributed by atoms with Crippen LogP contribution in [0.5, 0.6) is 11.5 Å². The van der Waals surface area contributed by atoms with Crippen LogP contribution in [0.25, 0.3) is 16.6 Å². The summed E-state index contributed by atoms with van der Waals surface area (Å²) in [5.74, 6) is -1.05. The summed E-state index contributed by atoms with van der Waals surface area (Å²) in [4.78, 5) is 0. The van der Waals surface area contributed by atoms with E-state index in [1.807, 2.05) is 0 Å². The Morgan fingerprint density at radius 2 is 1.95 bits per heavy atom. The highest BCUT2D eigenvalue weighted by atomic mass is 79.9. The Kier molecular flexibility index (Phi) is 2.67. The van der Waals surface area contributed by atoms with Gasteiger partial charge in [-0.25, -0.2) is 9.07 Å². The van der Waals surface area contributed by atoms with Crippen LogP contribution in [-0.2, 0) is 0 Å². The van der Waals surface area contributed by atoms with E-state index in [9.17, 15) is 14.6 Å². The molecular formula is C13H8BrFN2O2. The fourth-order valence-corrected chi connectivity index (χ4v) is 2.24. The molecule has 3 rings (SSSR count). The van der Waals surface area contributed by atoms with Crippen LogP contribution in [0.15, 0.2) is 41.0 Å². The minimum absolute atomic E-state index is 0.0861. The molecule has 0 unspecified atom stereocenters. The number of aromatic nitrogens is 2. The first-order chi connectivity index (χ1) is 9.08. The SMILES string of the molecule is Oc1ccc(-n2ncc3c(O)c(Br)ccc32)cc1F. The standard InChI is InChI=1S/C13H8BrFN2O2/c14-9-2-3-11-8(13(9)19)6-16-17(11)7-1-4-12(18)10(15)5-7/h1-6,18-19H. The summed E-state index contributed by atoms with van der Waals surface area (Å²) in [6, 6.07) is 7.44. The predicted octanol–water partition coefficient (Wildman–Crippen LogP) is 3.34. The average molecular weight is 323 g/mol. The molecular weight excluding hydrogens is 315 g/mol. The first-order valence-corrected chi connectivity index (χ1v) is 6.21. The van der Waals surface area contributed by atoms with Crippen molar-refractivity contribution in [2.45, 2.75) is 0 Å². The molecule has 96 valence electrons. The molecule has 0 amide bonds. The largest absolute Gasteiger partial charge is 0.506 e. The number of benzene rings is 2. The van der Waals surface area contributed by atoms with Crippen molar-refractivity contribution < 1.29 is 14.6 Å². The van der Waals surface area contributed by atoms with E-state index in [1.165, 1.54) is 23.0 Å². The lowest BCUT2D eigenvalue weighted by molar-refractivity contribution is 0.432. The Labute approximate surface area is 115 Å². The van der Waals surface area contributed by atoms with Crippen molar-refractivity contribution in [1.82, 2.24) is 9.78 Å². The third-order valence-electron chi connectivity index (χ3n) is 2.85. The molecule has 1 aromatic heterocycles. The second-order valence-electron chi connectivity index (χ2n) is 4.02. The number of halogens is 2. The zero-order valence-electron chi connectivity index (χ0n) is 9.51. The molecule has 3 aromatic rings. The summed E-state index contributed by atoms with van der Waals surface area (Å²) in [5, 5.41) is 23.8. The Balaban J connectivity index is 2.26.